The first-order valence-corrected chi connectivity index (χ1v) is 4.77. The number of hydrogen-bond acceptors (Lipinski definition) is 2. The van der Waals surface area contributed by atoms with Crippen molar-refractivity contribution < 1.29 is 9.59 Å². The van der Waals surface area contributed by atoms with Crippen LogP contribution in [0, 0.1) is 5.92 Å². The summed E-state index contributed by atoms with van der Waals surface area (Å²) in [5.74, 6) is -0.0413. The van der Waals surface area contributed by atoms with Gasteiger partial charge in [-0.15, -0.1) is 0 Å². The zero-order valence-corrected chi connectivity index (χ0v) is 8.97. The number of halogens is 2. The average Bonchev–Trinajstić information content (AvgIpc) is 2.26. The van der Waals surface area contributed by atoms with Crippen LogP contribution in [-0.2, 0) is 9.59 Å². The van der Waals surface area contributed by atoms with E-state index in [0.717, 1.165) is 0 Å². The summed E-state index contributed by atoms with van der Waals surface area (Å²) in [6.45, 7) is 1.84. The molecule has 0 radical (unpaired) electrons. The van der Waals surface area contributed by atoms with Gasteiger partial charge in [-0.2, -0.15) is 0 Å². The first-order chi connectivity index (χ1) is 6.50. The number of carbonyl (C=O) groups is 2. The molecule has 0 N–H and O–H groups in total. The van der Waals surface area contributed by atoms with Crippen LogP contribution in [0.4, 0.5) is 0 Å². The van der Waals surface area contributed by atoms with Crippen molar-refractivity contribution in [2.45, 2.75) is 6.92 Å². The molecule has 1 rings (SSSR count). The molecule has 0 aliphatic heterocycles. The Morgan fingerprint density at radius 1 is 1.07 bits per heavy atom. The molecule has 0 saturated heterocycles. The molecule has 0 aromatic rings. The second-order valence-electron chi connectivity index (χ2n) is 2.98. The van der Waals surface area contributed by atoms with Crippen LogP contribution in [0.5, 0.6) is 0 Å². The van der Waals surface area contributed by atoms with Crippen molar-refractivity contribution >= 4 is 33.7 Å². The maximum absolute atomic E-state index is 10.9. The van der Waals surface area contributed by atoms with Gasteiger partial charge in [-0.3, -0.25) is 9.59 Å². The van der Waals surface area contributed by atoms with Crippen molar-refractivity contribution in [1.82, 2.24) is 0 Å². The third-order valence-electron chi connectivity index (χ3n) is 1.78. The van der Waals surface area contributed by atoms with Crippen LogP contribution in [0.1, 0.15) is 6.92 Å². The highest BCUT2D eigenvalue weighted by molar-refractivity contribution is 6.68. The maximum Gasteiger partial charge on any atom is 0.252 e. The number of allylic oxidation sites excluding steroid dienone is 6. The van der Waals surface area contributed by atoms with Gasteiger partial charge in [0.2, 0.25) is 0 Å². The molecule has 0 fully saturated rings. The Morgan fingerprint density at radius 2 is 1.43 bits per heavy atom. The van der Waals surface area contributed by atoms with E-state index < -0.39 is 10.5 Å². The van der Waals surface area contributed by atoms with Crippen LogP contribution in [0.15, 0.2) is 35.5 Å². The summed E-state index contributed by atoms with van der Waals surface area (Å²) in [4.78, 5) is 21.8. The lowest BCUT2D eigenvalue weighted by atomic mass is 10.1. The van der Waals surface area contributed by atoms with Gasteiger partial charge in [-0.25, -0.2) is 0 Å². The summed E-state index contributed by atoms with van der Waals surface area (Å²) < 4.78 is 0. The molecule has 0 amide bonds. The van der Waals surface area contributed by atoms with Crippen molar-refractivity contribution in [2.75, 3.05) is 0 Å². The topological polar surface area (TPSA) is 34.1 Å². The minimum atomic E-state index is -0.537. The predicted octanol–water partition coefficient (Wildman–Crippen LogP) is 2.58. The van der Waals surface area contributed by atoms with E-state index in [1.54, 1.807) is 12.2 Å². The van der Waals surface area contributed by atoms with E-state index in [0.29, 0.717) is 11.1 Å². The maximum atomic E-state index is 10.9. The number of hydrogen-bond donors (Lipinski definition) is 0. The quantitative estimate of drug-likeness (QED) is 0.684. The molecule has 74 valence electrons. The molecule has 0 aromatic heterocycles. The van der Waals surface area contributed by atoms with E-state index in [9.17, 15) is 9.59 Å². The highest BCUT2D eigenvalue weighted by atomic mass is 35.5. The molecule has 0 atom stereocenters. The third kappa shape index (κ3) is 2.82. The van der Waals surface area contributed by atoms with Crippen molar-refractivity contribution in [3.63, 3.8) is 0 Å². The van der Waals surface area contributed by atoms with E-state index in [1.807, 2.05) is 6.92 Å². The molecular formula is C10H8Cl2O2. The molecule has 0 unspecified atom stereocenters. The summed E-state index contributed by atoms with van der Waals surface area (Å²) in [6.07, 6.45) is 6.34. The van der Waals surface area contributed by atoms with Crippen molar-refractivity contribution in [3.8, 4) is 0 Å². The fourth-order valence-electron chi connectivity index (χ4n) is 1.17. The Labute approximate surface area is 91.9 Å². The molecule has 14 heavy (non-hydrogen) atoms. The number of rotatable bonds is 2. The van der Waals surface area contributed by atoms with Crippen LogP contribution >= 0.6 is 23.2 Å². The fraction of sp³-hybridized carbons (Fsp3) is 0.200. The minimum Gasteiger partial charge on any atom is -0.276 e. The molecule has 0 aromatic carbocycles. The Bertz CT molecular complexity index is 330. The molecule has 1 aliphatic rings. The summed E-state index contributed by atoms with van der Waals surface area (Å²) in [5.41, 5.74) is 0.756. The summed E-state index contributed by atoms with van der Waals surface area (Å²) in [5, 5.41) is -1.07. The number of carbonyl (C=O) groups excluding carboxylic acids is 2. The minimum absolute atomic E-state index is 0.0413. The van der Waals surface area contributed by atoms with E-state index in [-0.39, 0.29) is 5.92 Å². The molecule has 0 bridgehead atoms. The molecule has 0 saturated carbocycles. The Kier molecular flexibility index (Phi) is 3.67. The lowest BCUT2D eigenvalue weighted by molar-refractivity contribution is -0.109. The first kappa shape index (κ1) is 11.2. The van der Waals surface area contributed by atoms with E-state index in [2.05, 4.69) is 0 Å². The van der Waals surface area contributed by atoms with Gasteiger partial charge in [0.1, 0.15) is 0 Å². The van der Waals surface area contributed by atoms with Crippen LogP contribution in [0.2, 0.25) is 0 Å². The SMILES string of the molecule is CC1C=C(C(=O)Cl)C=CC(C(=O)Cl)=C1. The van der Waals surface area contributed by atoms with Gasteiger partial charge in [0.25, 0.3) is 10.5 Å². The van der Waals surface area contributed by atoms with Crippen molar-refractivity contribution in [3.05, 3.63) is 35.5 Å². The zero-order valence-electron chi connectivity index (χ0n) is 7.46. The Hall–Kier alpha value is -0.860. The highest BCUT2D eigenvalue weighted by Gasteiger charge is 2.11. The molecular weight excluding hydrogens is 223 g/mol. The van der Waals surface area contributed by atoms with Crippen LogP contribution < -0.4 is 0 Å². The van der Waals surface area contributed by atoms with Crippen molar-refractivity contribution in [2.24, 2.45) is 5.92 Å². The van der Waals surface area contributed by atoms with Gasteiger partial charge in [-0.1, -0.05) is 19.1 Å². The molecule has 0 heterocycles. The normalized spacial score (nSPS) is 17.1. The van der Waals surface area contributed by atoms with Crippen molar-refractivity contribution in [1.29, 1.82) is 0 Å². The van der Waals surface area contributed by atoms with E-state index in [1.165, 1.54) is 12.2 Å². The lowest BCUT2D eigenvalue weighted by Gasteiger charge is -1.98. The molecule has 4 heteroatoms. The van der Waals surface area contributed by atoms with Gasteiger partial charge in [0.15, 0.2) is 0 Å². The first-order valence-electron chi connectivity index (χ1n) is 4.02. The third-order valence-corrected chi connectivity index (χ3v) is 2.22. The second kappa shape index (κ2) is 4.58. The second-order valence-corrected chi connectivity index (χ2v) is 3.67. The van der Waals surface area contributed by atoms with Crippen LogP contribution in [0.3, 0.4) is 0 Å². The molecule has 0 spiro atoms. The molecule has 2 nitrogen and oxygen atoms in total. The highest BCUT2D eigenvalue weighted by Crippen LogP contribution is 2.18. The van der Waals surface area contributed by atoms with Gasteiger partial charge < -0.3 is 0 Å². The van der Waals surface area contributed by atoms with E-state index >= 15 is 0 Å². The largest absolute Gasteiger partial charge is 0.276 e. The van der Waals surface area contributed by atoms with Gasteiger partial charge in [-0.05, 0) is 41.3 Å². The Balaban J connectivity index is 3.02. The summed E-state index contributed by atoms with van der Waals surface area (Å²) >= 11 is 10.6. The smallest absolute Gasteiger partial charge is 0.252 e. The Morgan fingerprint density at radius 3 is 1.71 bits per heavy atom. The fourth-order valence-corrected chi connectivity index (χ4v) is 1.42. The summed E-state index contributed by atoms with van der Waals surface area (Å²) in [6, 6.07) is 0. The monoisotopic (exact) mass is 230 g/mol. The summed E-state index contributed by atoms with van der Waals surface area (Å²) in [7, 11) is 0. The van der Waals surface area contributed by atoms with Gasteiger partial charge in [0, 0.05) is 11.1 Å². The average molecular weight is 231 g/mol. The lowest BCUT2D eigenvalue weighted by Crippen LogP contribution is -1.93. The van der Waals surface area contributed by atoms with E-state index in [4.69, 9.17) is 23.2 Å². The van der Waals surface area contributed by atoms with Gasteiger partial charge in [0.05, 0.1) is 0 Å². The van der Waals surface area contributed by atoms with Gasteiger partial charge >= 0.3 is 0 Å². The predicted molar refractivity (Wildman–Crippen MR) is 56.2 cm³/mol. The van der Waals surface area contributed by atoms with Crippen LogP contribution in [0.25, 0.3) is 0 Å². The molecule has 1 aliphatic carbocycles. The standard InChI is InChI=1S/C10H8Cl2O2/c1-6-4-7(9(11)13)2-3-8(5-6)10(12)14/h2-6H,1H3. The zero-order chi connectivity index (χ0) is 10.7. The van der Waals surface area contributed by atoms with Crippen LogP contribution in [-0.4, -0.2) is 10.5 Å².